The molecule has 4 aromatic rings. The second kappa shape index (κ2) is 15.0. The third kappa shape index (κ3) is 7.70. The first-order chi connectivity index (χ1) is 21.1. The van der Waals surface area contributed by atoms with Crippen molar-refractivity contribution in [3.63, 3.8) is 0 Å². The fourth-order valence-corrected chi connectivity index (χ4v) is 4.40. The quantitative estimate of drug-likeness (QED) is 0.280. The van der Waals surface area contributed by atoms with Gasteiger partial charge in [0.2, 0.25) is 5.91 Å². The number of alkyl halides is 3. The lowest BCUT2D eigenvalue weighted by Gasteiger charge is -2.16. The molecule has 44 heavy (non-hydrogen) atoms. The second-order valence-electron chi connectivity index (χ2n) is 9.13. The van der Waals surface area contributed by atoms with Crippen LogP contribution in [0, 0.1) is 11.3 Å². The number of halogens is 3. The molecule has 1 atom stereocenters. The SMILES string of the molecule is CC.CC.N#CCn1cc(-c2cnc3c(Nc4ccc(C(=O)NCC(=O)N5CCC(N)C5)cc4)nccn23)c(C(F)(F)F)n1. The van der Waals surface area contributed by atoms with Crippen LogP contribution in [-0.4, -0.2) is 66.5 Å². The number of carbonyl (C=O) groups excluding carboxylic acids is 2. The van der Waals surface area contributed by atoms with Crippen LogP contribution in [-0.2, 0) is 17.5 Å². The number of carbonyl (C=O) groups is 2. The molecule has 2 amide bonds. The molecule has 15 heteroatoms. The van der Waals surface area contributed by atoms with Gasteiger partial charge in [-0.3, -0.25) is 18.7 Å². The van der Waals surface area contributed by atoms with Gasteiger partial charge in [0.1, 0.15) is 6.54 Å². The molecule has 1 aromatic carbocycles. The van der Waals surface area contributed by atoms with E-state index in [0.29, 0.717) is 24.3 Å². The van der Waals surface area contributed by atoms with Crippen molar-refractivity contribution in [2.75, 3.05) is 25.0 Å². The van der Waals surface area contributed by atoms with Gasteiger partial charge in [-0.2, -0.15) is 23.5 Å². The van der Waals surface area contributed by atoms with E-state index in [2.05, 4.69) is 25.7 Å². The molecular formula is C29H35F3N10O2. The highest BCUT2D eigenvalue weighted by atomic mass is 19.4. The van der Waals surface area contributed by atoms with Crippen molar-refractivity contribution in [1.82, 2.24) is 34.4 Å². The lowest BCUT2D eigenvalue weighted by molar-refractivity contribution is -0.141. The first-order valence-electron chi connectivity index (χ1n) is 14.2. The summed E-state index contributed by atoms with van der Waals surface area (Å²) < 4.78 is 43.3. The molecule has 0 radical (unpaired) electrons. The number of nitrogens with two attached hydrogens (primary N) is 1. The van der Waals surface area contributed by atoms with E-state index in [1.54, 1.807) is 35.2 Å². The minimum Gasteiger partial charge on any atom is -0.343 e. The van der Waals surface area contributed by atoms with Gasteiger partial charge >= 0.3 is 6.18 Å². The zero-order valence-electron chi connectivity index (χ0n) is 24.9. The van der Waals surface area contributed by atoms with E-state index in [-0.39, 0.29) is 47.8 Å². The maximum Gasteiger partial charge on any atom is 0.435 e. The van der Waals surface area contributed by atoms with Crippen molar-refractivity contribution >= 4 is 29.0 Å². The second-order valence-corrected chi connectivity index (χ2v) is 9.13. The molecule has 5 rings (SSSR count). The van der Waals surface area contributed by atoms with Gasteiger partial charge in [0.25, 0.3) is 5.91 Å². The van der Waals surface area contributed by atoms with Crippen molar-refractivity contribution in [3.8, 4) is 17.3 Å². The molecule has 0 spiro atoms. The third-order valence-corrected chi connectivity index (χ3v) is 6.35. The van der Waals surface area contributed by atoms with Crippen LogP contribution in [0.5, 0.6) is 0 Å². The largest absolute Gasteiger partial charge is 0.435 e. The number of likely N-dealkylation sites (tertiary alicyclic amines) is 1. The predicted octanol–water partition coefficient (Wildman–Crippen LogP) is 4.22. The number of anilines is 2. The van der Waals surface area contributed by atoms with Crippen LogP contribution < -0.4 is 16.4 Å². The number of benzene rings is 1. The van der Waals surface area contributed by atoms with Crippen LogP contribution in [0.2, 0.25) is 0 Å². The molecule has 4 heterocycles. The Morgan fingerprint density at radius 2 is 1.84 bits per heavy atom. The van der Waals surface area contributed by atoms with Crippen LogP contribution in [0.4, 0.5) is 24.7 Å². The summed E-state index contributed by atoms with van der Waals surface area (Å²) in [6.07, 6.45) is 1.29. The standard InChI is InChI=1S/C25H23F3N10O2.2C2H6/c26-25(27,28)21-18(14-37(35-21)9-6-29)19-11-32-23-22(31-7-10-38(19)23)34-17-3-1-15(2-4-17)24(40)33-12-20(39)36-8-5-16(30)13-36;2*1-2/h1-4,7,10-11,14,16H,5,8-9,12-13,30H2,(H,31,34)(H,33,40);2*1-2H3. The van der Waals surface area contributed by atoms with E-state index in [0.717, 1.165) is 17.3 Å². The number of imidazole rings is 1. The Morgan fingerprint density at radius 3 is 2.45 bits per heavy atom. The summed E-state index contributed by atoms with van der Waals surface area (Å²) in [6.45, 7) is 8.57. The van der Waals surface area contributed by atoms with E-state index in [9.17, 15) is 22.8 Å². The van der Waals surface area contributed by atoms with Gasteiger partial charge in [-0.15, -0.1) is 0 Å². The van der Waals surface area contributed by atoms with Gasteiger partial charge < -0.3 is 21.3 Å². The topological polar surface area (TPSA) is 159 Å². The van der Waals surface area contributed by atoms with Gasteiger partial charge in [-0.1, -0.05) is 27.7 Å². The first kappa shape index (κ1) is 33.5. The van der Waals surface area contributed by atoms with Crippen LogP contribution >= 0.6 is 0 Å². The predicted molar refractivity (Wildman–Crippen MR) is 159 cm³/mol. The average molecular weight is 613 g/mol. The molecular weight excluding hydrogens is 577 g/mol. The number of nitrogens with one attached hydrogen (secondary N) is 2. The summed E-state index contributed by atoms with van der Waals surface area (Å²) in [6, 6.07) is 8.10. The molecule has 1 unspecified atom stereocenters. The van der Waals surface area contributed by atoms with Gasteiger partial charge in [0.15, 0.2) is 17.2 Å². The van der Waals surface area contributed by atoms with E-state index in [4.69, 9.17) is 11.0 Å². The van der Waals surface area contributed by atoms with Crippen molar-refractivity contribution in [2.24, 2.45) is 5.73 Å². The van der Waals surface area contributed by atoms with Crippen molar-refractivity contribution < 1.29 is 22.8 Å². The number of hydrogen-bond acceptors (Lipinski definition) is 8. The van der Waals surface area contributed by atoms with Gasteiger partial charge in [-0.05, 0) is 30.7 Å². The molecule has 4 N–H and O–H groups in total. The molecule has 234 valence electrons. The summed E-state index contributed by atoms with van der Waals surface area (Å²) >= 11 is 0. The highest BCUT2D eigenvalue weighted by Crippen LogP contribution is 2.36. The summed E-state index contributed by atoms with van der Waals surface area (Å²) in [4.78, 5) is 34.9. The molecule has 0 saturated carbocycles. The van der Waals surface area contributed by atoms with Crippen molar-refractivity contribution in [2.45, 2.75) is 52.9 Å². The highest BCUT2D eigenvalue weighted by Gasteiger charge is 2.38. The number of amides is 2. The fraction of sp³-hybridized carbons (Fsp3) is 0.379. The van der Waals surface area contributed by atoms with E-state index >= 15 is 0 Å². The minimum absolute atomic E-state index is 0.0422. The normalized spacial score (nSPS) is 14.2. The first-order valence-corrected chi connectivity index (χ1v) is 14.2. The highest BCUT2D eigenvalue weighted by molar-refractivity contribution is 5.96. The number of nitrogens with zero attached hydrogens (tertiary/aromatic N) is 7. The fourth-order valence-electron chi connectivity index (χ4n) is 4.40. The summed E-state index contributed by atoms with van der Waals surface area (Å²) in [7, 11) is 0. The molecule has 3 aromatic heterocycles. The molecule has 0 bridgehead atoms. The molecule has 1 aliphatic rings. The summed E-state index contributed by atoms with van der Waals surface area (Å²) in [5.74, 6) is -0.352. The Morgan fingerprint density at radius 1 is 1.14 bits per heavy atom. The van der Waals surface area contributed by atoms with Crippen LogP contribution in [0.1, 0.15) is 50.2 Å². The lowest BCUT2D eigenvalue weighted by atomic mass is 10.2. The van der Waals surface area contributed by atoms with E-state index in [1.807, 2.05) is 27.7 Å². The van der Waals surface area contributed by atoms with Crippen LogP contribution in [0.15, 0.2) is 49.1 Å². The van der Waals surface area contributed by atoms with Gasteiger partial charge in [0, 0.05) is 49.0 Å². The zero-order valence-corrected chi connectivity index (χ0v) is 24.9. The maximum absolute atomic E-state index is 13.7. The summed E-state index contributed by atoms with van der Waals surface area (Å²) in [5, 5.41) is 18.1. The molecule has 1 aliphatic heterocycles. The Hall–Kier alpha value is -4.97. The smallest absolute Gasteiger partial charge is 0.343 e. The van der Waals surface area contributed by atoms with Gasteiger partial charge in [0.05, 0.1) is 30.1 Å². The summed E-state index contributed by atoms with van der Waals surface area (Å²) in [5.41, 5.74) is 5.71. The molecule has 1 saturated heterocycles. The Labute approximate surface area is 252 Å². The van der Waals surface area contributed by atoms with Gasteiger partial charge in [-0.25, -0.2) is 9.97 Å². The Kier molecular flexibility index (Phi) is 11.4. The Bertz CT molecular complexity index is 1610. The number of hydrogen-bond donors (Lipinski definition) is 3. The minimum atomic E-state index is -4.74. The Balaban J connectivity index is 0.00000127. The molecule has 12 nitrogen and oxygen atoms in total. The average Bonchev–Trinajstić information content (AvgIpc) is 3.77. The zero-order chi connectivity index (χ0) is 32.4. The van der Waals surface area contributed by atoms with Crippen molar-refractivity contribution in [3.05, 3.63) is 60.3 Å². The number of fused-ring (bicyclic) bond motifs is 1. The van der Waals surface area contributed by atoms with Crippen LogP contribution in [0.25, 0.3) is 16.9 Å². The number of aromatic nitrogens is 5. The third-order valence-electron chi connectivity index (χ3n) is 6.35. The van der Waals surface area contributed by atoms with Crippen molar-refractivity contribution in [1.29, 1.82) is 5.26 Å². The molecule has 0 aliphatic carbocycles. The number of rotatable bonds is 7. The van der Waals surface area contributed by atoms with Crippen LogP contribution in [0.3, 0.4) is 0 Å². The number of nitriles is 1. The maximum atomic E-state index is 13.7. The monoisotopic (exact) mass is 612 g/mol. The van der Waals surface area contributed by atoms with E-state index < -0.39 is 17.8 Å². The lowest BCUT2D eigenvalue weighted by Crippen LogP contribution is -2.40. The molecule has 1 fully saturated rings. The van der Waals surface area contributed by atoms with E-state index in [1.165, 1.54) is 23.0 Å².